The first kappa shape index (κ1) is 9.89. The van der Waals surface area contributed by atoms with Gasteiger partial charge in [-0.3, -0.25) is 25.1 Å². The van der Waals surface area contributed by atoms with Crippen molar-refractivity contribution in [2.24, 2.45) is 10.9 Å². The van der Waals surface area contributed by atoms with Crippen LogP contribution >= 0.6 is 0 Å². The van der Waals surface area contributed by atoms with E-state index in [1.54, 1.807) is 0 Å². The van der Waals surface area contributed by atoms with Crippen LogP contribution in [0.15, 0.2) is 5.10 Å². The Hall–Kier alpha value is -2.19. The van der Waals surface area contributed by atoms with Crippen LogP contribution in [0.4, 0.5) is 4.79 Å². The zero-order valence-electron chi connectivity index (χ0n) is 7.13. The fourth-order valence-corrected chi connectivity index (χ4v) is 0.955. The monoisotopic (exact) mass is 201 g/mol. The first-order valence-corrected chi connectivity index (χ1v) is 3.49. The number of imide groups is 1. The summed E-state index contributed by atoms with van der Waals surface area (Å²) in [6, 6.07) is -2.53. The van der Waals surface area contributed by atoms with E-state index in [0.717, 1.165) is 7.05 Å². The van der Waals surface area contributed by atoms with Gasteiger partial charge in [0, 0.05) is 12.0 Å². The third-order valence-electron chi connectivity index (χ3n) is 1.71. The van der Waals surface area contributed by atoms with Gasteiger partial charge in [0.15, 0.2) is 0 Å². The fourth-order valence-electron chi connectivity index (χ4n) is 0.955. The van der Waals surface area contributed by atoms with E-state index in [1.807, 2.05) is 5.32 Å². The molecule has 1 saturated heterocycles. The van der Waals surface area contributed by atoms with E-state index < -0.39 is 28.7 Å². The maximum absolute atomic E-state index is 11.2. The van der Waals surface area contributed by atoms with Gasteiger partial charge in [0.25, 0.3) is 0 Å². The van der Waals surface area contributed by atoms with Crippen molar-refractivity contribution in [2.45, 2.75) is 6.04 Å². The highest BCUT2D eigenvalue weighted by molar-refractivity contribution is 6.19. The van der Waals surface area contributed by atoms with Crippen molar-refractivity contribution in [2.75, 3.05) is 7.05 Å². The number of likely N-dealkylation sites (N-methyl/N-ethyl adjacent to an activating group) is 1. The van der Waals surface area contributed by atoms with Crippen molar-refractivity contribution in [1.29, 1.82) is 0 Å². The van der Waals surface area contributed by atoms with E-state index in [4.69, 9.17) is 5.84 Å². The van der Waals surface area contributed by atoms with Gasteiger partial charge in [0.1, 0.15) is 0 Å². The Kier molecular flexibility index (Phi) is 2.32. The van der Waals surface area contributed by atoms with Crippen molar-refractivity contribution in [1.82, 2.24) is 10.2 Å². The summed E-state index contributed by atoms with van der Waals surface area (Å²) < 4.78 is 0. The van der Waals surface area contributed by atoms with Crippen LogP contribution in [0.2, 0.25) is 0 Å². The van der Waals surface area contributed by atoms with E-state index >= 15 is 0 Å². The maximum atomic E-state index is 11.2. The summed E-state index contributed by atoms with van der Waals surface area (Å²) in [5.41, 5.74) is 0. The zero-order valence-corrected chi connectivity index (χ0v) is 7.13. The van der Waals surface area contributed by atoms with Crippen molar-refractivity contribution < 1.29 is 14.5 Å². The van der Waals surface area contributed by atoms with Crippen molar-refractivity contribution in [3.63, 3.8) is 0 Å². The predicted octanol–water partition coefficient (Wildman–Crippen LogP) is -1.91. The van der Waals surface area contributed by atoms with Crippen LogP contribution < -0.4 is 11.2 Å². The number of nitrogens with zero attached hydrogens (tertiary/aromatic N) is 3. The van der Waals surface area contributed by atoms with Gasteiger partial charge in [-0.1, -0.05) is 0 Å². The number of hydrogen-bond donors (Lipinski definition) is 2. The molecule has 0 saturated carbocycles. The highest BCUT2D eigenvalue weighted by Gasteiger charge is 2.45. The Morgan fingerprint density at radius 3 is 2.64 bits per heavy atom. The van der Waals surface area contributed by atoms with E-state index in [-0.39, 0.29) is 0 Å². The molecule has 1 atom stereocenters. The van der Waals surface area contributed by atoms with E-state index in [2.05, 4.69) is 5.10 Å². The van der Waals surface area contributed by atoms with Gasteiger partial charge in [-0.15, -0.1) is 0 Å². The Morgan fingerprint density at radius 2 is 2.21 bits per heavy atom. The quantitative estimate of drug-likeness (QED) is 0.290. The number of urea groups is 1. The largest absolute Gasteiger partial charge is 0.348 e. The summed E-state index contributed by atoms with van der Waals surface area (Å²) in [4.78, 5) is 32.4. The van der Waals surface area contributed by atoms with Crippen LogP contribution in [0.25, 0.3) is 0 Å². The van der Waals surface area contributed by atoms with Gasteiger partial charge < -0.3 is 5.84 Å². The van der Waals surface area contributed by atoms with Crippen molar-refractivity contribution in [3.05, 3.63) is 10.1 Å². The third kappa shape index (κ3) is 1.34. The van der Waals surface area contributed by atoms with E-state index in [1.165, 1.54) is 0 Å². The first-order chi connectivity index (χ1) is 6.49. The second kappa shape index (κ2) is 3.28. The molecule has 3 amide bonds. The Morgan fingerprint density at radius 1 is 1.64 bits per heavy atom. The molecule has 0 aromatic heterocycles. The molecule has 1 aliphatic rings. The standard InChI is InChI=1S/C5H7N5O4/c1-9-4(11)2(10(13)14)3(8-6)7-5(9)12/h2H,6H2,1H3,(H,7,8,12). The molecule has 0 aromatic carbocycles. The molecule has 14 heavy (non-hydrogen) atoms. The molecule has 3 N–H and O–H groups in total. The van der Waals surface area contributed by atoms with E-state index in [9.17, 15) is 19.7 Å². The van der Waals surface area contributed by atoms with Crippen LogP contribution in [-0.4, -0.2) is 40.7 Å². The average Bonchev–Trinajstić information content (AvgIpc) is 2.12. The van der Waals surface area contributed by atoms with Gasteiger partial charge in [-0.25, -0.2) is 4.79 Å². The maximum Gasteiger partial charge on any atom is 0.348 e. The predicted molar refractivity (Wildman–Crippen MR) is 43.7 cm³/mol. The first-order valence-electron chi connectivity index (χ1n) is 3.49. The van der Waals surface area contributed by atoms with Crippen molar-refractivity contribution in [3.8, 4) is 0 Å². The second-order valence-corrected chi connectivity index (χ2v) is 2.53. The smallest absolute Gasteiger partial charge is 0.321 e. The molecule has 0 spiro atoms. The Labute approximate surface area is 77.7 Å². The Balaban J connectivity index is 3.08. The number of carbonyl (C=O) groups is 2. The molecule has 9 heteroatoms. The molecule has 0 radical (unpaired) electrons. The van der Waals surface area contributed by atoms with Crippen molar-refractivity contribution >= 4 is 17.8 Å². The molecule has 76 valence electrons. The van der Waals surface area contributed by atoms with Gasteiger partial charge >= 0.3 is 18.0 Å². The summed E-state index contributed by atoms with van der Waals surface area (Å²) >= 11 is 0. The molecular weight excluding hydrogens is 194 g/mol. The number of nitro groups is 1. The summed E-state index contributed by atoms with van der Waals surface area (Å²) in [6.45, 7) is 0. The molecule has 1 rings (SSSR count). The highest BCUT2D eigenvalue weighted by atomic mass is 16.6. The molecule has 1 aliphatic heterocycles. The molecule has 9 nitrogen and oxygen atoms in total. The number of hydrogen-bond acceptors (Lipinski definition) is 6. The number of hydrazone groups is 1. The molecular formula is C5H7N5O4. The van der Waals surface area contributed by atoms with Gasteiger partial charge in [-0.2, -0.15) is 5.10 Å². The molecule has 1 unspecified atom stereocenters. The summed E-state index contributed by atoms with van der Waals surface area (Å²) in [7, 11) is 1.13. The number of nitrogens with one attached hydrogen (secondary N) is 1. The van der Waals surface area contributed by atoms with Crippen LogP contribution in [0.1, 0.15) is 0 Å². The zero-order chi connectivity index (χ0) is 10.9. The normalized spacial score (nSPS) is 25.1. The van der Waals surface area contributed by atoms with Crippen LogP contribution in [-0.2, 0) is 4.79 Å². The van der Waals surface area contributed by atoms with Crippen LogP contribution in [0.5, 0.6) is 0 Å². The Bertz CT molecular complexity index is 337. The number of carbonyl (C=O) groups excluding carboxylic acids is 2. The van der Waals surface area contributed by atoms with E-state index in [0.29, 0.717) is 4.90 Å². The second-order valence-electron chi connectivity index (χ2n) is 2.53. The number of amidine groups is 1. The lowest BCUT2D eigenvalue weighted by atomic mass is 10.2. The summed E-state index contributed by atoms with van der Waals surface area (Å²) in [6.07, 6.45) is 0. The van der Waals surface area contributed by atoms with Crippen LogP contribution in [0.3, 0.4) is 0 Å². The van der Waals surface area contributed by atoms with Crippen LogP contribution in [0, 0.1) is 10.1 Å². The summed E-state index contributed by atoms with van der Waals surface area (Å²) in [5.74, 6) is 3.37. The minimum Gasteiger partial charge on any atom is -0.321 e. The highest BCUT2D eigenvalue weighted by Crippen LogP contribution is 2.04. The molecule has 1 heterocycles. The minimum absolute atomic E-state index is 0.455. The number of rotatable bonds is 1. The molecule has 0 bridgehead atoms. The van der Waals surface area contributed by atoms with Gasteiger partial charge in [0.05, 0.1) is 0 Å². The minimum atomic E-state index is -1.73. The lowest BCUT2D eigenvalue weighted by Gasteiger charge is -2.24. The van der Waals surface area contributed by atoms with Gasteiger partial charge in [-0.05, 0) is 0 Å². The molecule has 0 aromatic rings. The SMILES string of the molecule is CN1C(=O)N/C(=N\N)C([N+](=O)[O-])C1=O. The summed E-state index contributed by atoms with van der Waals surface area (Å²) in [5, 5.41) is 15.5. The number of amides is 3. The lowest BCUT2D eigenvalue weighted by Crippen LogP contribution is -2.61. The number of nitrogens with two attached hydrogens (primary N) is 1. The molecule has 0 aliphatic carbocycles. The third-order valence-corrected chi connectivity index (χ3v) is 1.71. The average molecular weight is 201 g/mol. The topological polar surface area (TPSA) is 131 Å². The lowest BCUT2D eigenvalue weighted by molar-refractivity contribution is -0.491. The molecule has 1 fully saturated rings. The fraction of sp³-hybridized carbons (Fsp3) is 0.400. The van der Waals surface area contributed by atoms with Gasteiger partial charge in [0.2, 0.25) is 5.84 Å².